The van der Waals surface area contributed by atoms with E-state index in [1.807, 2.05) is 48.9 Å². The molecule has 22 heavy (non-hydrogen) atoms. The standard InChI is InChI=1S/C19H18N2O/c22-19-16-9-5-4-6-14(16)10-11-18(19)21-12-17(20-13-21)15-7-2-1-3-8-15/h1-9,12-13,18-19,22H,10-11H2/t18-,19+/m1/s1. The minimum atomic E-state index is -0.470. The third kappa shape index (κ3) is 2.24. The quantitative estimate of drug-likeness (QED) is 0.780. The first-order valence-electron chi connectivity index (χ1n) is 7.68. The molecule has 0 saturated carbocycles. The summed E-state index contributed by atoms with van der Waals surface area (Å²) in [4.78, 5) is 4.50. The van der Waals surface area contributed by atoms with Gasteiger partial charge in [0.25, 0.3) is 0 Å². The lowest BCUT2D eigenvalue weighted by molar-refractivity contribution is 0.0989. The van der Waals surface area contributed by atoms with Crippen LogP contribution in [0.25, 0.3) is 11.3 Å². The summed E-state index contributed by atoms with van der Waals surface area (Å²) in [5.74, 6) is 0. The van der Waals surface area contributed by atoms with Gasteiger partial charge in [0, 0.05) is 11.8 Å². The number of nitrogens with zero attached hydrogens (tertiary/aromatic N) is 2. The van der Waals surface area contributed by atoms with E-state index in [2.05, 4.69) is 27.8 Å². The fraction of sp³-hybridized carbons (Fsp3) is 0.211. The van der Waals surface area contributed by atoms with Gasteiger partial charge in [-0.2, -0.15) is 0 Å². The minimum absolute atomic E-state index is 0.0554. The van der Waals surface area contributed by atoms with Crippen molar-refractivity contribution in [2.75, 3.05) is 0 Å². The molecule has 110 valence electrons. The number of aliphatic hydroxyl groups excluding tert-OH is 1. The van der Waals surface area contributed by atoms with Crippen LogP contribution in [0, 0.1) is 0 Å². The molecule has 1 aliphatic rings. The second kappa shape index (κ2) is 5.43. The van der Waals surface area contributed by atoms with Gasteiger partial charge in [-0.05, 0) is 24.0 Å². The van der Waals surface area contributed by atoms with E-state index in [1.165, 1.54) is 5.56 Å². The molecule has 1 heterocycles. The van der Waals surface area contributed by atoms with Gasteiger partial charge >= 0.3 is 0 Å². The Kier molecular flexibility index (Phi) is 3.28. The molecule has 1 aliphatic carbocycles. The maximum atomic E-state index is 10.7. The summed E-state index contributed by atoms with van der Waals surface area (Å²) in [6.07, 6.45) is 5.34. The zero-order valence-electron chi connectivity index (χ0n) is 12.3. The van der Waals surface area contributed by atoms with E-state index >= 15 is 0 Å². The number of rotatable bonds is 2. The number of hydrogen-bond acceptors (Lipinski definition) is 2. The van der Waals surface area contributed by atoms with Crippen LogP contribution < -0.4 is 0 Å². The van der Waals surface area contributed by atoms with Gasteiger partial charge in [-0.25, -0.2) is 4.98 Å². The molecule has 0 unspecified atom stereocenters. The van der Waals surface area contributed by atoms with Gasteiger partial charge in [0.15, 0.2) is 0 Å². The maximum absolute atomic E-state index is 10.7. The summed E-state index contributed by atoms with van der Waals surface area (Å²) >= 11 is 0. The Morgan fingerprint density at radius 3 is 2.64 bits per heavy atom. The van der Waals surface area contributed by atoms with Crippen molar-refractivity contribution in [1.29, 1.82) is 0 Å². The number of aliphatic hydroxyl groups is 1. The monoisotopic (exact) mass is 290 g/mol. The molecular formula is C19H18N2O. The minimum Gasteiger partial charge on any atom is -0.386 e. The Hall–Kier alpha value is -2.39. The van der Waals surface area contributed by atoms with Crippen molar-refractivity contribution in [3.8, 4) is 11.3 Å². The predicted molar refractivity (Wildman–Crippen MR) is 86.4 cm³/mol. The van der Waals surface area contributed by atoms with Crippen LogP contribution in [-0.2, 0) is 6.42 Å². The van der Waals surface area contributed by atoms with E-state index in [-0.39, 0.29) is 6.04 Å². The number of hydrogen-bond donors (Lipinski definition) is 1. The highest BCUT2D eigenvalue weighted by Crippen LogP contribution is 2.37. The molecule has 0 aliphatic heterocycles. The van der Waals surface area contributed by atoms with Gasteiger partial charge in [0.05, 0.1) is 24.2 Å². The van der Waals surface area contributed by atoms with Crippen LogP contribution in [0.5, 0.6) is 0 Å². The largest absolute Gasteiger partial charge is 0.386 e. The van der Waals surface area contributed by atoms with E-state index in [0.29, 0.717) is 0 Å². The Morgan fingerprint density at radius 1 is 1.00 bits per heavy atom. The van der Waals surface area contributed by atoms with Crippen LogP contribution in [0.1, 0.15) is 29.7 Å². The normalized spacial score (nSPS) is 20.6. The highest BCUT2D eigenvalue weighted by atomic mass is 16.3. The van der Waals surface area contributed by atoms with Crippen LogP contribution >= 0.6 is 0 Å². The van der Waals surface area contributed by atoms with Crippen LogP contribution in [0.15, 0.2) is 67.1 Å². The molecular weight excluding hydrogens is 272 g/mol. The van der Waals surface area contributed by atoms with Gasteiger partial charge in [0.1, 0.15) is 0 Å². The lowest BCUT2D eigenvalue weighted by atomic mass is 9.86. The van der Waals surface area contributed by atoms with E-state index in [9.17, 15) is 5.11 Å². The highest BCUT2D eigenvalue weighted by molar-refractivity contribution is 5.57. The molecule has 4 rings (SSSR count). The molecule has 3 aromatic rings. The Balaban J connectivity index is 1.65. The van der Waals surface area contributed by atoms with Crippen molar-refractivity contribution >= 4 is 0 Å². The Labute approximate surface area is 129 Å². The number of benzene rings is 2. The van der Waals surface area contributed by atoms with E-state index in [4.69, 9.17) is 0 Å². The van der Waals surface area contributed by atoms with E-state index < -0.39 is 6.10 Å². The van der Waals surface area contributed by atoms with Crippen molar-refractivity contribution < 1.29 is 5.11 Å². The molecule has 1 N–H and O–H groups in total. The molecule has 3 heteroatoms. The molecule has 1 aromatic heterocycles. The fourth-order valence-corrected chi connectivity index (χ4v) is 3.31. The lowest BCUT2D eigenvalue weighted by Crippen LogP contribution is -2.23. The maximum Gasteiger partial charge on any atom is 0.1000 e. The van der Waals surface area contributed by atoms with Crippen molar-refractivity contribution in [2.24, 2.45) is 0 Å². The Morgan fingerprint density at radius 2 is 1.77 bits per heavy atom. The van der Waals surface area contributed by atoms with Crippen LogP contribution in [-0.4, -0.2) is 14.7 Å². The number of fused-ring (bicyclic) bond motifs is 1. The molecule has 2 aromatic carbocycles. The average molecular weight is 290 g/mol. The van der Waals surface area contributed by atoms with Crippen LogP contribution in [0.3, 0.4) is 0 Å². The van der Waals surface area contributed by atoms with Crippen LogP contribution in [0.2, 0.25) is 0 Å². The summed E-state index contributed by atoms with van der Waals surface area (Å²) in [6.45, 7) is 0. The van der Waals surface area contributed by atoms with Gasteiger partial charge in [-0.15, -0.1) is 0 Å². The lowest BCUT2D eigenvalue weighted by Gasteiger charge is -2.30. The van der Waals surface area contributed by atoms with Crippen molar-refractivity contribution in [3.63, 3.8) is 0 Å². The predicted octanol–water partition coefficient (Wildman–Crippen LogP) is 3.77. The van der Waals surface area contributed by atoms with Crippen molar-refractivity contribution in [2.45, 2.75) is 25.0 Å². The number of aromatic nitrogens is 2. The summed E-state index contributed by atoms with van der Waals surface area (Å²) in [6, 6.07) is 18.4. The van der Waals surface area contributed by atoms with Gasteiger partial charge in [-0.1, -0.05) is 54.6 Å². The molecule has 0 bridgehead atoms. The van der Waals surface area contributed by atoms with Crippen molar-refractivity contribution in [1.82, 2.24) is 9.55 Å². The second-order valence-electron chi connectivity index (χ2n) is 5.82. The topological polar surface area (TPSA) is 38.0 Å². The van der Waals surface area contributed by atoms with Crippen LogP contribution in [0.4, 0.5) is 0 Å². The SMILES string of the molecule is O[C@H]1c2ccccc2CC[C@H]1n1cnc(-c2ccccc2)c1. The number of imidazole rings is 1. The summed E-state index contributed by atoms with van der Waals surface area (Å²) in [7, 11) is 0. The Bertz CT molecular complexity index is 779. The second-order valence-corrected chi connectivity index (χ2v) is 5.82. The molecule has 2 atom stereocenters. The summed E-state index contributed by atoms with van der Waals surface area (Å²) in [5, 5.41) is 10.7. The fourth-order valence-electron chi connectivity index (χ4n) is 3.31. The average Bonchev–Trinajstić information content (AvgIpc) is 3.06. The first-order chi connectivity index (χ1) is 10.8. The zero-order chi connectivity index (χ0) is 14.9. The molecule has 0 spiro atoms. The van der Waals surface area contributed by atoms with Crippen molar-refractivity contribution in [3.05, 3.63) is 78.2 Å². The van der Waals surface area contributed by atoms with Gasteiger partial charge in [-0.3, -0.25) is 0 Å². The summed E-state index contributed by atoms with van der Waals surface area (Å²) < 4.78 is 2.06. The zero-order valence-corrected chi connectivity index (χ0v) is 12.3. The smallest absolute Gasteiger partial charge is 0.1000 e. The number of aryl methyl sites for hydroxylation is 1. The molecule has 0 fully saturated rings. The van der Waals surface area contributed by atoms with Gasteiger partial charge < -0.3 is 9.67 Å². The first kappa shape index (κ1) is 13.3. The molecule has 3 nitrogen and oxygen atoms in total. The third-order valence-corrected chi connectivity index (χ3v) is 4.50. The van der Waals surface area contributed by atoms with E-state index in [1.54, 1.807) is 0 Å². The first-order valence-corrected chi connectivity index (χ1v) is 7.68. The molecule has 0 saturated heterocycles. The summed E-state index contributed by atoms with van der Waals surface area (Å²) in [5.41, 5.74) is 4.36. The van der Waals surface area contributed by atoms with Gasteiger partial charge in [0.2, 0.25) is 0 Å². The molecule has 0 radical (unpaired) electrons. The molecule has 0 amide bonds. The third-order valence-electron chi connectivity index (χ3n) is 4.50. The van der Waals surface area contributed by atoms with E-state index in [0.717, 1.165) is 29.7 Å². The highest BCUT2D eigenvalue weighted by Gasteiger charge is 2.28.